The third-order valence-electron chi connectivity index (χ3n) is 3.47. The Hall–Kier alpha value is -0.870. The van der Waals surface area contributed by atoms with Crippen LogP contribution in [0.15, 0.2) is 12.2 Å². The lowest BCUT2D eigenvalue weighted by molar-refractivity contribution is -0.145. The zero-order valence-electron chi connectivity index (χ0n) is 12.0. The number of esters is 1. The summed E-state index contributed by atoms with van der Waals surface area (Å²) in [6.45, 7) is 2.17. The second-order valence-corrected chi connectivity index (χ2v) is 5.18. The van der Waals surface area contributed by atoms with E-state index in [-0.39, 0.29) is 18.2 Å². The van der Waals surface area contributed by atoms with Crippen molar-refractivity contribution in [1.29, 1.82) is 0 Å². The molecule has 0 spiro atoms. The molecule has 110 valence electrons. The van der Waals surface area contributed by atoms with Gasteiger partial charge in [-0.05, 0) is 12.8 Å². The molecule has 19 heavy (non-hydrogen) atoms. The minimum Gasteiger partial charge on any atom is -0.459 e. The van der Waals surface area contributed by atoms with Gasteiger partial charge in [0, 0.05) is 26.0 Å². The molecule has 0 bridgehead atoms. The van der Waals surface area contributed by atoms with Crippen LogP contribution < -0.4 is 0 Å². The number of rotatable bonds is 9. The first kappa shape index (κ1) is 16.2. The summed E-state index contributed by atoms with van der Waals surface area (Å²) in [4.78, 5) is 11.1. The molecule has 0 aromatic carbocycles. The largest absolute Gasteiger partial charge is 0.459 e. The summed E-state index contributed by atoms with van der Waals surface area (Å²) in [5.41, 5.74) is 0. The van der Waals surface area contributed by atoms with Gasteiger partial charge in [0.1, 0.15) is 6.10 Å². The van der Waals surface area contributed by atoms with Crippen LogP contribution in [0.5, 0.6) is 0 Å². The van der Waals surface area contributed by atoms with E-state index in [1.807, 2.05) is 0 Å². The lowest BCUT2D eigenvalue weighted by Crippen LogP contribution is -2.28. The number of carbonyl (C=O) groups excluding carboxylic acids is 1. The van der Waals surface area contributed by atoms with E-state index in [1.165, 1.54) is 18.9 Å². The molecule has 1 rings (SSSR count). The second-order valence-electron chi connectivity index (χ2n) is 5.18. The highest BCUT2D eigenvalue weighted by atomic mass is 16.5. The van der Waals surface area contributed by atoms with Crippen LogP contribution in [0.3, 0.4) is 0 Å². The fraction of sp³-hybridized carbons (Fsp3) is 0.800. The highest BCUT2D eigenvalue weighted by Gasteiger charge is 2.22. The van der Waals surface area contributed by atoms with E-state index in [9.17, 15) is 9.90 Å². The van der Waals surface area contributed by atoms with Gasteiger partial charge < -0.3 is 14.6 Å². The quantitative estimate of drug-likeness (QED) is 0.517. The zero-order valence-corrected chi connectivity index (χ0v) is 12.0. The SMILES string of the molecule is CCCCC[C@@H](C[C@H](O)C[C@H]1CC=CC(=O)O1)OC. The first-order valence-corrected chi connectivity index (χ1v) is 7.23. The van der Waals surface area contributed by atoms with E-state index in [4.69, 9.17) is 9.47 Å². The molecule has 0 aliphatic carbocycles. The Balaban J connectivity index is 2.26. The van der Waals surface area contributed by atoms with Crippen molar-refractivity contribution in [2.75, 3.05) is 7.11 Å². The minimum atomic E-state index is -0.476. The standard InChI is InChI=1S/C15H26O4/c1-3-4-5-7-13(18-2)10-12(16)11-14-8-6-9-15(17)19-14/h6,9,12-14,16H,3-5,7-8,10-11H2,1-2H3/t12-,13-,14+/m0/s1. The molecule has 1 aliphatic rings. The van der Waals surface area contributed by atoms with Crippen molar-refractivity contribution < 1.29 is 19.4 Å². The van der Waals surface area contributed by atoms with Gasteiger partial charge in [0.15, 0.2) is 0 Å². The number of aliphatic hydroxyl groups is 1. The Kier molecular flexibility index (Phi) is 7.75. The molecule has 1 aliphatic heterocycles. The van der Waals surface area contributed by atoms with Gasteiger partial charge >= 0.3 is 5.97 Å². The monoisotopic (exact) mass is 270 g/mol. The number of hydrogen-bond acceptors (Lipinski definition) is 4. The molecule has 0 saturated carbocycles. The number of carbonyl (C=O) groups is 1. The molecule has 1 N–H and O–H groups in total. The topological polar surface area (TPSA) is 55.8 Å². The summed E-state index contributed by atoms with van der Waals surface area (Å²) >= 11 is 0. The van der Waals surface area contributed by atoms with E-state index < -0.39 is 6.10 Å². The molecule has 0 fully saturated rings. The normalized spacial score (nSPS) is 22.1. The number of unbranched alkanes of at least 4 members (excludes halogenated alkanes) is 2. The molecule has 0 amide bonds. The number of hydrogen-bond donors (Lipinski definition) is 1. The fourth-order valence-corrected chi connectivity index (χ4v) is 2.37. The lowest BCUT2D eigenvalue weighted by Gasteiger charge is -2.24. The Bertz CT molecular complexity index is 288. The fourth-order valence-electron chi connectivity index (χ4n) is 2.37. The van der Waals surface area contributed by atoms with Crippen LogP contribution in [0.4, 0.5) is 0 Å². The number of aliphatic hydroxyl groups excluding tert-OH is 1. The highest BCUT2D eigenvalue weighted by molar-refractivity contribution is 5.82. The van der Waals surface area contributed by atoms with Crippen molar-refractivity contribution in [2.45, 2.75) is 70.2 Å². The van der Waals surface area contributed by atoms with Gasteiger partial charge in [-0.1, -0.05) is 32.3 Å². The molecule has 0 aromatic rings. The molecule has 0 aromatic heterocycles. The highest BCUT2D eigenvalue weighted by Crippen LogP contribution is 2.18. The molecule has 4 nitrogen and oxygen atoms in total. The van der Waals surface area contributed by atoms with E-state index in [0.717, 1.165) is 12.8 Å². The number of methoxy groups -OCH3 is 1. The van der Waals surface area contributed by atoms with Gasteiger partial charge in [0.05, 0.1) is 12.2 Å². The van der Waals surface area contributed by atoms with Gasteiger partial charge in [0.25, 0.3) is 0 Å². The van der Waals surface area contributed by atoms with Crippen molar-refractivity contribution in [2.24, 2.45) is 0 Å². The molecule has 1 heterocycles. The van der Waals surface area contributed by atoms with Gasteiger partial charge in [-0.15, -0.1) is 0 Å². The van der Waals surface area contributed by atoms with Crippen LogP contribution >= 0.6 is 0 Å². The van der Waals surface area contributed by atoms with Gasteiger partial charge in [-0.25, -0.2) is 4.79 Å². The first-order chi connectivity index (χ1) is 9.15. The first-order valence-electron chi connectivity index (χ1n) is 7.23. The lowest BCUT2D eigenvalue weighted by atomic mass is 9.99. The van der Waals surface area contributed by atoms with Crippen LogP contribution in [-0.2, 0) is 14.3 Å². The Morgan fingerprint density at radius 2 is 2.32 bits per heavy atom. The molecular weight excluding hydrogens is 244 g/mol. The Morgan fingerprint density at radius 1 is 1.53 bits per heavy atom. The van der Waals surface area contributed by atoms with Crippen LogP contribution in [0.2, 0.25) is 0 Å². The van der Waals surface area contributed by atoms with Gasteiger partial charge in [0.2, 0.25) is 0 Å². The van der Waals surface area contributed by atoms with Crippen LogP contribution in [-0.4, -0.2) is 36.5 Å². The second kappa shape index (κ2) is 9.10. The Labute approximate surface area is 115 Å². The number of ether oxygens (including phenoxy) is 2. The molecule has 0 radical (unpaired) electrons. The predicted octanol–water partition coefficient (Wildman–Crippen LogP) is 2.59. The van der Waals surface area contributed by atoms with Crippen LogP contribution in [0.1, 0.15) is 51.9 Å². The summed E-state index contributed by atoms with van der Waals surface area (Å²) in [7, 11) is 1.69. The number of cyclic esters (lactones) is 1. The third kappa shape index (κ3) is 6.73. The van der Waals surface area contributed by atoms with Gasteiger partial charge in [-0.3, -0.25) is 0 Å². The average molecular weight is 270 g/mol. The van der Waals surface area contributed by atoms with Crippen molar-refractivity contribution in [3.63, 3.8) is 0 Å². The summed E-state index contributed by atoms with van der Waals surface area (Å²) < 4.78 is 10.5. The molecule has 3 atom stereocenters. The average Bonchev–Trinajstić information content (AvgIpc) is 2.37. The summed E-state index contributed by atoms with van der Waals surface area (Å²) in [6.07, 6.45) is 8.94. The minimum absolute atomic E-state index is 0.0939. The van der Waals surface area contributed by atoms with E-state index >= 15 is 0 Å². The van der Waals surface area contributed by atoms with Crippen molar-refractivity contribution in [1.82, 2.24) is 0 Å². The van der Waals surface area contributed by atoms with Crippen LogP contribution in [0, 0.1) is 0 Å². The molecule has 4 heteroatoms. The van der Waals surface area contributed by atoms with E-state index in [2.05, 4.69) is 6.92 Å². The summed E-state index contributed by atoms with van der Waals surface area (Å²) in [6, 6.07) is 0. The summed E-state index contributed by atoms with van der Waals surface area (Å²) in [5, 5.41) is 10.1. The Morgan fingerprint density at radius 3 is 2.95 bits per heavy atom. The van der Waals surface area contributed by atoms with Crippen molar-refractivity contribution >= 4 is 5.97 Å². The smallest absolute Gasteiger partial charge is 0.330 e. The molecule has 0 saturated heterocycles. The maximum atomic E-state index is 11.1. The molecule has 0 unspecified atom stereocenters. The summed E-state index contributed by atoms with van der Waals surface area (Å²) in [5.74, 6) is -0.310. The van der Waals surface area contributed by atoms with Crippen molar-refractivity contribution in [3.8, 4) is 0 Å². The van der Waals surface area contributed by atoms with Crippen molar-refractivity contribution in [3.05, 3.63) is 12.2 Å². The van der Waals surface area contributed by atoms with E-state index in [0.29, 0.717) is 19.3 Å². The maximum Gasteiger partial charge on any atom is 0.330 e. The van der Waals surface area contributed by atoms with E-state index in [1.54, 1.807) is 13.2 Å². The third-order valence-corrected chi connectivity index (χ3v) is 3.47. The zero-order chi connectivity index (χ0) is 14.1. The molecular formula is C15H26O4. The maximum absolute atomic E-state index is 11.1. The predicted molar refractivity (Wildman–Crippen MR) is 73.8 cm³/mol. The van der Waals surface area contributed by atoms with Crippen LogP contribution in [0.25, 0.3) is 0 Å². The van der Waals surface area contributed by atoms with Gasteiger partial charge in [-0.2, -0.15) is 0 Å².